The lowest BCUT2D eigenvalue weighted by molar-refractivity contribution is 0.667. The summed E-state index contributed by atoms with van der Waals surface area (Å²) in [4.78, 5) is 0. The zero-order chi connectivity index (χ0) is 38.3. The Morgan fingerprint density at radius 1 is 0.345 bits per heavy atom. The van der Waals surface area contributed by atoms with Gasteiger partial charge < -0.3 is 4.42 Å². The minimum absolute atomic E-state index is 0.229. The van der Waals surface area contributed by atoms with Crippen LogP contribution in [-0.4, -0.2) is 0 Å². The zero-order valence-electron chi connectivity index (χ0n) is 32.2. The molecule has 0 amide bonds. The Labute approximate surface area is 335 Å². The molecule has 270 valence electrons. The van der Waals surface area contributed by atoms with Crippen molar-refractivity contribution in [3.63, 3.8) is 0 Å². The highest BCUT2D eigenvalue weighted by Crippen LogP contribution is 2.58. The number of benzene rings is 11. The molecule has 1 nitrogen and oxygen atoms in total. The fourth-order valence-corrected chi connectivity index (χ4v) is 10.9. The largest absolute Gasteiger partial charge is 0.455 e. The normalized spacial score (nSPS) is 13.5. The molecule has 11 aromatic carbocycles. The lowest BCUT2D eigenvalue weighted by Gasteiger charge is -2.25. The minimum atomic E-state index is -0.229. The molecule has 0 bridgehead atoms. The first-order valence-corrected chi connectivity index (χ1v) is 20.3. The van der Waals surface area contributed by atoms with Gasteiger partial charge >= 0.3 is 0 Å². The summed E-state index contributed by atoms with van der Waals surface area (Å²) >= 11 is 0. The van der Waals surface area contributed by atoms with E-state index >= 15 is 0 Å². The van der Waals surface area contributed by atoms with Crippen LogP contribution in [0.5, 0.6) is 0 Å². The molecule has 0 atom stereocenters. The summed E-state index contributed by atoms with van der Waals surface area (Å²) in [6.45, 7) is 4.88. The first-order valence-electron chi connectivity index (χ1n) is 20.3. The van der Waals surface area contributed by atoms with Gasteiger partial charge in [0, 0.05) is 21.6 Å². The molecule has 0 aliphatic heterocycles. The van der Waals surface area contributed by atoms with Gasteiger partial charge in [0.1, 0.15) is 11.2 Å². The van der Waals surface area contributed by atoms with Gasteiger partial charge in [0.2, 0.25) is 0 Å². The SMILES string of the molecule is CC1(C)c2cc(-c3c4ccccc4c(-c4ccc5oc6c7ccccc7ccc6c5c4)c4ccccc34)c3ccccc3c2-c2c1c1ccccc1c1ccccc21. The second-order valence-corrected chi connectivity index (χ2v) is 16.7. The lowest BCUT2D eigenvalue weighted by atomic mass is 9.77. The van der Waals surface area contributed by atoms with E-state index in [9.17, 15) is 0 Å². The number of rotatable bonds is 2. The van der Waals surface area contributed by atoms with Crippen molar-refractivity contribution in [3.05, 3.63) is 193 Å². The van der Waals surface area contributed by atoms with Crippen molar-refractivity contribution in [2.75, 3.05) is 0 Å². The molecule has 0 unspecified atom stereocenters. The van der Waals surface area contributed by atoms with E-state index in [0.29, 0.717) is 0 Å². The second kappa shape index (κ2) is 11.4. The Morgan fingerprint density at radius 2 is 0.845 bits per heavy atom. The van der Waals surface area contributed by atoms with E-state index in [2.05, 4.69) is 196 Å². The molecule has 1 aliphatic rings. The van der Waals surface area contributed by atoms with Crippen LogP contribution in [0.4, 0.5) is 0 Å². The fraction of sp³-hybridized carbons (Fsp3) is 0.0526. The summed E-state index contributed by atoms with van der Waals surface area (Å²) in [7, 11) is 0. The van der Waals surface area contributed by atoms with Crippen molar-refractivity contribution in [3.8, 4) is 33.4 Å². The molecular formula is C57H36O. The second-order valence-electron chi connectivity index (χ2n) is 16.7. The zero-order valence-corrected chi connectivity index (χ0v) is 32.2. The molecule has 1 aromatic heterocycles. The highest BCUT2D eigenvalue weighted by atomic mass is 16.3. The van der Waals surface area contributed by atoms with Gasteiger partial charge in [0.25, 0.3) is 0 Å². The monoisotopic (exact) mass is 736 g/mol. The minimum Gasteiger partial charge on any atom is -0.455 e. The van der Waals surface area contributed by atoms with E-state index in [4.69, 9.17) is 4.42 Å². The maximum absolute atomic E-state index is 6.57. The molecule has 0 fully saturated rings. The topological polar surface area (TPSA) is 13.1 Å². The molecule has 13 rings (SSSR count). The molecule has 0 saturated heterocycles. The van der Waals surface area contributed by atoms with Gasteiger partial charge in [0.05, 0.1) is 0 Å². The van der Waals surface area contributed by atoms with E-state index in [0.717, 1.165) is 27.3 Å². The van der Waals surface area contributed by atoms with E-state index in [1.54, 1.807) is 0 Å². The first-order chi connectivity index (χ1) is 28.6. The van der Waals surface area contributed by atoms with E-state index < -0.39 is 0 Å². The van der Waals surface area contributed by atoms with Crippen LogP contribution in [-0.2, 0) is 5.41 Å². The van der Waals surface area contributed by atoms with Crippen LogP contribution >= 0.6 is 0 Å². The quantitative estimate of drug-likeness (QED) is 0.127. The lowest BCUT2D eigenvalue weighted by Crippen LogP contribution is -2.16. The number of furan rings is 1. The van der Waals surface area contributed by atoms with Crippen LogP contribution in [0.1, 0.15) is 25.0 Å². The highest BCUT2D eigenvalue weighted by molar-refractivity contribution is 6.27. The molecule has 1 heterocycles. The number of hydrogen-bond donors (Lipinski definition) is 0. The molecule has 0 N–H and O–H groups in total. The Hall–Kier alpha value is -7.22. The molecule has 1 aliphatic carbocycles. The Morgan fingerprint density at radius 3 is 1.50 bits per heavy atom. The van der Waals surface area contributed by atoms with Gasteiger partial charge in [-0.25, -0.2) is 0 Å². The van der Waals surface area contributed by atoms with E-state index in [-0.39, 0.29) is 5.41 Å². The van der Waals surface area contributed by atoms with Crippen LogP contribution < -0.4 is 0 Å². The van der Waals surface area contributed by atoms with Crippen LogP contribution in [0, 0.1) is 0 Å². The summed E-state index contributed by atoms with van der Waals surface area (Å²) in [6.07, 6.45) is 0. The van der Waals surface area contributed by atoms with Crippen molar-refractivity contribution in [1.82, 2.24) is 0 Å². The van der Waals surface area contributed by atoms with Gasteiger partial charge in [-0.15, -0.1) is 0 Å². The summed E-state index contributed by atoms with van der Waals surface area (Å²) in [6, 6.07) is 67.5. The fourth-order valence-electron chi connectivity index (χ4n) is 10.9. The standard InChI is InChI=1S/C57H36O/c1-57(2)49-32-48(38-19-6-8-20-39(38)53(49)54-40-21-9-5-17-36(40)37-18-7-14-26-45(37)55(54)57)52-43-24-12-10-22-41(43)51(42-23-11-13-25-44(42)52)34-28-30-50-47(31-34)46-29-27-33-15-3-4-16-35(33)56(46)58-50/h3-32H,1-2H3. The third-order valence-electron chi connectivity index (χ3n) is 13.4. The van der Waals surface area contributed by atoms with Gasteiger partial charge in [-0.05, 0) is 128 Å². The summed E-state index contributed by atoms with van der Waals surface area (Å²) in [5, 5.41) is 17.5. The smallest absolute Gasteiger partial charge is 0.143 e. The molecule has 58 heavy (non-hydrogen) atoms. The molecule has 0 saturated carbocycles. The predicted octanol–water partition coefficient (Wildman–Crippen LogP) is 16.1. The molecule has 0 spiro atoms. The van der Waals surface area contributed by atoms with Gasteiger partial charge in [-0.3, -0.25) is 0 Å². The molecule has 1 heteroatoms. The average molecular weight is 737 g/mol. The van der Waals surface area contributed by atoms with Crippen molar-refractivity contribution in [1.29, 1.82) is 0 Å². The Balaban J connectivity index is 1.12. The maximum atomic E-state index is 6.57. The molecule has 12 aromatic rings. The Kier molecular flexibility index (Phi) is 6.29. The number of fused-ring (bicyclic) bond motifs is 17. The van der Waals surface area contributed by atoms with Crippen molar-refractivity contribution in [2.45, 2.75) is 19.3 Å². The third kappa shape index (κ3) is 4.10. The summed E-state index contributed by atoms with van der Waals surface area (Å²) in [5.74, 6) is 0. The van der Waals surface area contributed by atoms with Crippen molar-refractivity contribution >= 4 is 86.6 Å². The predicted molar refractivity (Wildman–Crippen MR) is 247 cm³/mol. The van der Waals surface area contributed by atoms with Crippen LogP contribution in [0.2, 0.25) is 0 Å². The number of hydrogen-bond acceptors (Lipinski definition) is 1. The van der Waals surface area contributed by atoms with Crippen molar-refractivity contribution in [2.24, 2.45) is 0 Å². The third-order valence-corrected chi connectivity index (χ3v) is 13.4. The van der Waals surface area contributed by atoms with E-state index in [1.165, 1.54) is 104 Å². The first kappa shape index (κ1) is 31.9. The average Bonchev–Trinajstić information content (AvgIpc) is 3.77. The van der Waals surface area contributed by atoms with Gasteiger partial charge in [-0.2, -0.15) is 0 Å². The van der Waals surface area contributed by atoms with Crippen LogP contribution in [0.25, 0.3) is 120 Å². The molecular weight excluding hydrogens is 701 g/mol. The van der Waals surface area contributed by atoms with Crippen molar-refractivity contribution < 1.29 is 4.42 Å². The maximum Gasteiger partial charge on any atom is 0.143 e. The van der Waals surface area contributed by atoms with E-state index in [1.807, 2.05) is 0 Å². The highest BCUT2D eigenvalue weighted by Gasteiger charge is 2.40. The summed E-state index contributed by atoms with van der Waals surface area (Å²) < 4.78 is 6.57. The van der Waals surface area contributed by atoms with Gasteiger partial charge in [-0.1, -0.05) is 172 Å². The van der Waals surface area contributed by atoms with Gasteiger partial charge in [0.15, 0.2) is 0 Å². The van der Waals surface area contributed by atoms with Crippen LogP contribution in [0.3, 0.4) is 0 Å². The Bertz CT molecular complexity index is 3710. The molecule has 0 radical (unpaired) electrons. The van der Waals surface area contributed by atoms with Crippen LogP contribution in [0.15, 0.2) is 186 Å². The summed E-state index contributed by atoms with van der Waals surface area (Å²) in [5.41, 5.74) is 12.2.